The van der Waals surface area contributed by atoms with Crippen LogP contribution in [0, 0.1) is 13.8 Å². The number of nitrogens with two attached hydrogens (primary N) is 1. The molecule has 0 aliphatic carbocycles. The van der Waals surface area contributed by atoms with Gasteiger partial charge < -0.3 is 15.9 Å². The van der Waals surface area contributed by atoms with Gasteiger partial charge in [0.15, 0.2) is 11.5 Å². The maximum Gasteiger partial charge on any atom is 0.296 e. The number of phenolic OH excluding ortho intramolecular Hbond substituents is 2. The van der Waals surface area contributed by atoms with Crippen LogP contribution in [0.4, 0.5) is 28.4 Å². The summed E-state index contributed by atoms with van der Waals surface area (Å²) in [5.74, 6) is -0.769. The molecule has 51 heavy (non-hydrogen) atoms. The topological polar surface area (TPSA) is 225 Å². The summed E-state index contributed by atoms with van der Waals surface area (Å²) < 4.78 is 67.9. The fourth-order valence-electron chi connectivity index (χ4n) is 5.37. The number of nitrogens with zero attached hydrogens (tertiary/aromatic N) is 4. The molecule has 2 radical (unpaired) electrons. The molecule has 17 heteroatoms. The minimum atomic E-state index is -4.78. The molecule has 0 bridgehead atoms. The Morgan fingerprint density at radius 2 is 1.08 bits per heavy atom. The number of hydrogen-bond donors (Lipinski definition) is 5. The molecule has 0 heterocycles. The van der Waals surface area contributed by atoms with Crippen molar-refractivity contribution in [3.05, 3.63) is 102 Å². The zero-order valence-corrected chi connectivity index (χ0v) is 33.4. The van der Waals surface area contributed by atoms with Crippen molar-refractivity contribution in [2.24, 2.45) is 20.5 Å². The van der Waals surface area contributed by atoms with Crippen molar-refractivity contribution in [2.45, 2.75) is 23.6 Å². The summed E-state index contributed by atoms with van der Waals surface area (Å²) in [4.78, 5) is -1.03. The molecule has 0 saturated heterocycles. The molecule has 0 aliphatic rings. The van der Waals surface area contributed by atoms with E-state index in [1.54, 1.807) is 50.2 Å². The van der Waals surface area contributed by atoms with Crippen LogP contribution in [0.25, 0.3) is 32.7 Å². The van der Waals surface area contributed by atoms with Crippen molar-refractivity contribution in [1.82, 2.24) is 0 Å². The third kappa shape index (κ3) is 8.34. The van der Waals surface area contributed by atoms with Gasteiger partial charge in [-0.25, -0.2) is 0 Å². The van der Waals surface area contributed by atoms with Gasteiger partial charge in [-0.15, -0.1) is 10.2 Å². The minimum absolute atomic E-state index is 0. The van der Waals surface area contributed by atoms with E-state index < -0.39 is 41.5 Å². The minimum Gasteiger partial charge on any atom is -0.505 e. The molecule has 6 rings (SSSR count). The SMILES string of the molecule is Cc1cc(-c2ccc(N=Nc3c(S(=O)(=O)O)cc4cc(N)ccc4c3O)c(C)c2)ccc1N=Nc1cc(S(=O)(=O)O)c2ccccc2c1O.[Na].[Na]. The summed E-state index contributed by atoms with van der Waals surface area (Å²) in [6.45, 7) is 3.57. The van der Waals surface area contributed by atoms with Crippen molar-refractivity contribution in [2.75, 3.05) is 5.73 Å². The van der Waals surface area contributed by atoms with Gasteiger partial charge in [0, 0.05) is 81.0 Å². The van der Waals surface area contributed by atoms with E-state index in [0.717, 1.165) is 23.3 Å². The molecule has 0 atom stereocenters. The van der Waals surface area contributed by atoms with Crippen LogP contribution in [0.15, 0.2) is 121 Å². The number of fused-ring (bicyclic) bond motifs is 2. The molecule has 0 aromatic heterocycles. The normalized spacial score (nSPS) is 12.0. The first-order chi connectivity index (χ1) is 23.1. The molecule has 0 saturated carbocycles. The number of anilines is 1. The van der Waals surface area contributed by atoms with Crippen molar-refractivity contribution in [1.29, 1.82) is 0 Å². The monoisotopic (exact) mass is 743 g/mol. The second kappa shape index (κ2) is 15.5. The van der Waals surface area contributed by atoms with Gasteiger partial charge >= 0.3 is 0 Å². The zero-order valence-electron chi connectivity index (χ0n) is 27.8. The van der Waals surface area contributed by atoms with Gasteiger partial charge in [-0.05, 0) is 96.1 Å². The van der Waals surface area contributed by atoms with Crippen LogP contribution in [-0.2, 0) is 20.2 Å². The van der Waals surface area contributed by atoms with Crippen LogP contribution in [-0.4, -0.2) is 95.3 Å². The molecule has 0 amide bonds. The van der Waals surface area contributed by atoms with Crippen LogP contribution in [0.5, 0.6) is 11.5 Å². The Bertz CT molecular complexity index is 2640. The Hall–Kier alpha value is -3.74. The predicted molar refractivity (Wildman–Crippen MR) is 196 cm³/mol. The Morgan fingerprint density at radius 3 is 1.63 bits per heavy atom. The van der Waals surface area contributed by atoms with Crippen LogP contribution in [0.2, 0.25) is 0 Å². The first-order valence-corrected chi connectivity index (χ1v) is 17.3. The molecule has 0 spiro atoms. The van der Waals surface area contributed by atoms with E-state index in [4.69, 9.17) is 5.73 Å². The summed E-state index contributed by atoms with van der Waals surface area (Å²) in [6.07, 6.45) is 0. The van der Waals surface area contributed by atoms with Crippen LogP contribution < -0.4 is 5.73 Å². The van der Waals surface area contributed by atoms with Crippen molar-refractivity contribution >= 4 is 129 Å². The maximum atomic E-state index is 12.1. The van der Waals surface area contributed by atoms with Gasteiger partial charge in [-0.2, -0.15) is 27.1 Å². The molecule has 6 aromatic rings. The Labute approximate surface area is 337 Å². The summed E-state index contributed by atoms with van der Waals surface area (Å²) in [6, 6.07) is 23.5. The number of phenols is 2. The van der Waals surface area contributed by atoms with Gasteiger partial charge in [-0.3, -0.25) is 9.11 Å². The van der Waals surface area contributed by atoms with Crippen molar-refractivity contribution < 1.29 is 36.2 Å². The van der Waals surface area contributed by atoms with Crippen LogP contribution in [0.1, 0.15) is 11.1 Å². The quantitative estimate of drug-likeness (QED) is 0.0464. The average Bonchev–Trinajstić information content (AvgIpc) is 3.04. The number of rotatable bonds is 7. The summed E-state index contributed by atoms with van der Waals surface area (Å²) >= 11 is 0. The Kier molecular flexibility index (Phi) is 12.1. The maximum absolute atomic E-state index is 12.1. The van der Waals surface area contributed by atoms with Crippen molar-refractivity contribution in [3.63, 3.8) is 0 Å². The third-order valence-electron chi connectivity index (χ3n) is 7.84. The summed E-state index contributed by atoms with van der Waals surface area (Å²) in [5, 5.41) is 39.0. The fourth-order valence-corrected chi connectivity index (χ4v) is 6.75. The number of azo groups is 2. The molecule has 6 aromatic carbocycles. The first kappa shape index (κ1) is 40.0. The molecule has 250 valence electrons. The first-order valence-electron chi connectivity index (χ1n) is 14.4. The van der Waals surface area contributed by atoms with E-state index >= 15 is 0 Å². The van der Waals surface area contributed by atoms with E-state index in [-0.39, 0.29) is 86.7 Å². The molecule has 0 aliphatic heterocycles. The summed E-state index contributed by atoms with van der Waals surface area (Å²) in [5.41, 5.74) is 9.39. The Balaban J connectivity index is 0.00000292. The number of benzene rings is 6. The Morgan fingerprint density at radius 1 is 0.549 bits per heavy atom. The second-order valence-electron chi connectivity index (χ2n) is 11.2. The molecular weight excluding hydrogens is 717 g/mol. The van der Waals surface area contributed by atoms with E-state index in [9.17, 15) is 36.2 Å². The number of aromatic hydroxyl groups is 2. The standard InChI is InChI=1S/C34H27N5O8S2.2Na/c1-18-13-20(7-11-27(18)36-38-29-17-30(48(42,43)44)25-5-3-4-6-26(25)33(29)40)21-8-12-28(19(2)14-21)37-39-32-31(49(45,46)47)16-22-15-23(35)9-10-24(22)34(32)41;;/h3-17,40-41H,35H2,1-2H3,(H,42,43,44)(H,45,46,47);;. The molecule has 6 N–H and O–H groups in total. The van der Waals surface area contributed by atoms with Gasteiger partial charge in [0.2, 0.25) is 0 Å². The smallest absolute Gasteiger partial charge is 0.296 e. The molecular formula is C34H27N5Na2O8S2. The van der Waals surface area contributed by atoms with Crippen LogP contribution >= 0.6 is 0 Å². The third-order valence-corrected chi connectivity index (χ3v) is 9.60. The van der Waals surface area contributed by atoms with E-state index in [1.807, 2.05) is 12.1 Å². The summed E-state index contributed by atoms with van der Waals surface area (Å²) in [7, 11) is -9.39. The molecule has 13 nitrogen and oxygen atoms in total. The van der Waals surface area contributed by atoms with Gasteiger partial charge in [0.25, 0.3) is 20.2 Å². The largest absolute Gasteiger partial charge is 0.505 e. The number of aryl methyl sites for hydroxylation is 2. The van der Waals surface area contributed by atoms with Gasteiger partial charge in [-0.1, -0.05) is 36.4 Å². The number of nitrogen functional groups attached to an aromatic ring is 1. The van der Waals surface area contributed by atoms with Crippen LogP contribution in [0.3, 0.4) is 0 Å². The second-order valence-corrected chi connectivity index (χ2v) is 14.0. The number of hydrogen-bond acceptors (Lipinski definition) is 11. The van der Waals surface area contributed by atoms with E-state index in [1.165, 1.54) is 30.3 Å². The zero-order chi connectivity index (χ0) is 35.2. The average molecular weight is 744 g/mol. The molecule has 0 fully saturated rings. The van der Waals surface area contributed by atoms with Gasteiger partial charge in [0.05, 0.1) is 11.4 Å². The molecule has 0 unspecified atom stereocenters. The van der Waals surface area contributed by atoms with Crippen molar-refractivity contribution in [3.8, 4) is 22.6 Å². The van der Waals surface area contributed by atoms with Gasteiger partial charge in [0.1, 0.15) is 21.2 Å². The van der Waals surface area contributed by atoms with E-state index in [0.29, 0.717) is 33.6 Å². The predicted octanol–water partition coefficient (Wildman–Crippen LogP) is 7.83. The van der Waals surface area contributed by atoms with E-state index in [2.05, 4.69) is 20.5 Å². The fraction of sp³-hybridized carbons (Fsp3) is 0.0588.